The standard InChI is InChI=1S/C8H4F7N/c9-3-1-2(7(16)8(13,14)15)4(10)6(12)5(3)11/h1,7H,16H2. The predicted molar refractivity (Wildman–Crippen MR) is 39.3 cm³/mol. The molecule has 1 nitrogen and oxygen atoms in total. The molecule has 16 heavy (non-hydrogen) atoms. The van der Waals surface area contributed by atoms with E-state index in [9.17, 15) is 30.7 Å². The van der Waals surface area contributed by atoms with E-state index in [0.717, 1.165) is 0 Å². The van der Waals surface area contributed by atoms with E-state index in [0.29, 0.717) is 0 Å². The number of halogens is 7. The van der Waals surface area contributed by atoms with Crippen LogP contribution in [0.5, 0.6) is 0 Å². The van der Waals surface area contributed by atoms with E-state index < -0.39 is 41.1 Å². The molecule has 1 aromatic carbocycles. The molecule has 8 heteroatoms. The molecule has 1 rings (SSSR count). The van der Waals surface area contributed by atoms with Crippen molar-refractivity contribution < 1.29 is 30.7 Å². The number of hydrogen-bond acceptors (Lipinski definition) is 1. The van der Waals surface area contributed by atoms with E-state index in [-0.39, 0.29) is 6.07 Å². The highest BCUT2D eigenvalue weighted by Crippen LogP contribution is 2.33. The predicted octanol–water partition coefficient (Wildman–Crippen LogP) is 2.81. The number of nitrogens with two attached hydrogens (primary N) is 1. The first-order valence-electron chi connectivity index (χ1n) is 3.81. The summed E-state index contributed by atoms with van der Waals surface area (Å²) < 4.78 is 86.6. The third-order valence-electron chi connectivity index (χ3n) is 1.82. The fourth-order valence-corrected chi connectivity index (χ4v) is 0.994. The molecule has 2 N–H and O–H groups in total. The van der Waals surface area contributed by atoms with Crippen LogP contribution in [-0.4, -0.2) is 6.18 Å². The molecule has 0 heterocycles. The average molecular weight is 247 g/mol. The molecular formula is C8H4F7N. The smallest absolute Gasteiger partial charge is 0.316 e. The van der Waals surface area contributed by atoms with E-state index in [4.69, 9.17) is 0 Å². The van der Waals surface area contributed by atoms with Crippen LogP contribution in [0.15, 0.2) is 6.07 Å². The van der Waals surface area contributed by atoms with Crippen molar-refractivity contribution in [2.24, 2.45) is 5.73 Å². The Labute approximate surface area is 84.7 Å². The van der Waals surface area contributed by atoms with Crippen LogP contribution in [0.3, 0.4) is 0 Å². The summed E-state index contributed by atoms with van der Waals surface area (Å²) in [7, 11) is 0. The van der Waals surface area contributed by atoms with Crippen LogP contribution in [0.1, 0.15) is 11.6 Å². The second kappa shape index (κ2) is 3.93. The summed E-state index contributed by atoms with van der Waals surface area (Å²) in [6.45, 7) is 0. The lowest BCUT2D eigenvalue weighted by Gasteiger charge is -2.16. The summed E-state index contributed by atoms with van der Waals surface area (Å²) in [6, 6.07) is -3.04. The Morgan fingerprint density at radius 1 is 0.938 bits per heavy atom. The molecule has 0 aliphatic heterocycles. The number of hydrogen-bond donors (Lipinski definition) is 1. The van der Waals surface area contributed by atoms with Crippen LogP contribution < -0.4 is 5.73 Å². The van der Waals surface area contributed by atoms with Gasteiger partial charge in [0.15, 0.2) is 23.3 Å². The molecule has 0 saturated heterocycles. The fourth-order valence-electron chi connectivity index (χ4n) is 0.994. The fraction of sp³-hybridized carbons (Fsp3) is 0.250. The quantitative estimate of drug-likeness (QED) is 0.461. The van der Waals surface area contributed by atoms with Gasteiger partial charge in [0.05, 0.1) is 0 Å². The molecule has 90 valence electrons. The van der Waals surface area contributed by atoms with Gasteiger partial charge < -0.3 is 5.73 Å². The van der Waals surface area contributed by atoms with Gasteiger partial charge in [-0.2, -0.15) is 13.2 Å². The minimum atomic E-state index is -5.09. The van der Waals surface area contributed by atoms with Gasteiger partial charge in [0.1, 0.15) is 6.04 Å². The van der Waals surface area contributed by atoms with Gasteiger partial charge in [-0.1, -0.05) is 0 Å². The van der Waals surface area contributed by atoms with Gasteiger partial charge in [-0.15, -0.1) is 0 Å². The van der Waals surface area contributed by atoms with E-state index >= 15 is 0 Å². The van der Waals surface area contributed by atoms with E-state index in [2.05, 4.69) is 5.73 Å². The topological polar surface area (TPSA) is 26.0 Å². The summed E-state index contributed by atoms with van der Waals surface area (Å²) in [6.07, 6.45) is -5.09. The minimum Gasteiger partial charge on any atom is -0.316 e. The Bertz CT molecular complexity index is 412. The van der Waals surface area contributed by atoms with Gasteiger partial charge >= 0.3 is 6.18 Å². The Morgan fingerprint density at radius 3 is 1.88 bits per heavy atom. The molecule has 0 saturated carbocycles. The molecule has 1 aromatic rings. The normalized spacial score (nSPS) is 14.0. The molecule has 0 bridgehead atoms. The molecule has 0 amide bonds. The van der Waals surface area contributed by atoms with Gasteiger partial charge in [-0.05, 0) is 6.07 Å². The molecule has 1 unspecified atom stereocenters. The van der Waals surface area contributed by atoms with Crippen LogP contribution in [0.2, 0.25) is 0 Å². The van der Waals surface area contributed by atoms with Crippen molar-refractivity contribution in [2.45, 2.75) is 12.2 Å². The van der Waals surface area contributed by atoms with Crippen molar-refractivity contribution in [3.63, 3.8) is 0 Å². The second-order valence-electron chi connectivity index (χ2n) is 2.91. The van der Waals surface area contributed by atoms with Gasteiger partial charge in [0, 0.05) is 5.56 Å². The first-order valence-corrected chi connectivity index (χ1v) is 3.81. The van der Waals surface area contributed by atoms with E-state index in [1.165, 1.54) is 0 Å². The summed E-state index contributed by atoms with van der Waals surface area (Å²) >= 11 is 0. The monoisotopic (exact) mass is 247 g/mol. The highest BCUT2D eigenvalue weighted by atomic mass is 19.4. The van der Waals surface area contributed by atoms with Crippen molar-refractivity contribution in [1.29, 1.82) is 0 Å². The molecule has 0 fully saturated rings. The molecule has 0 radical (unpaired) electrons. The Kier molecular flexibility index (Phi) is 3.13. The minimum absolute atomic E-state index is 0.119. The first kappa shape index (κ1) is 12.8. The van der Waals surface area contributed by atoms with Gasteiger partial charge in [-0.3, -0.25) is 0 Å². The molecule has 0 aliphatic carbocycles. The lowest BCUT2D eigenvalue weighted by molar-refractivity contribution is -0.149. The van der Waals surface area contributed by atoms with Crippen molar-refractivity contribution in [1.82, 2.24) is 0 Å². The van der Waals surface area contributed by atoms with Crippen LogP contribution in [0.25, 0.3) is 0 Å². The van der Waals surface area contributed by atoms with Crippen LogP contribution in [0, 0.1) is 23.3 Å². The van der Waals surface area contributed by atoms with Crippen LogP contribution in [0.4, 0.5) is 30.7 Å². The summed E-state index contributed by atoms with van der Waals surface area (Å²) in [5, 5.41) is 0. The summed E-state index contributed by atoms with van der Waals surface area (Å²) in [4.78, 5) is 0. The third kappa shape index (κ3) is 2.11. The highest BCUT2D eigenvalue weighted by Gasteiger charge is 2.40. The maximum atomic E-state index is 12.9. The van der Waals surface area contributed by atoms with Crippen LogP contribution in [-0.2, 0) is 0 Å². The zero-order valence-electron chi connectivity index (χ0n) is 7.38. The second-order valence-corrected chi connectivity index (χ2v) is 2.91. The third-order valence-corrected chi connectivity index (χ3v) is 1.82. The maximum Gasteiger partial charge on any atom is 0.407 e. The van der Waals surface area contributed by atoms with Gasteiger partial charge in [0.2, 0.25) is 0 Å². The summed E-state index contributed by atoms with van der Waals surface area (Å²) in [5.41, 5.74) is 3.06. The number of alkyl halides is 3. The van der Waals surface area contributed by atoms with Crippen molar-refractivity contribution >= 4 is 0 Å². The molecule has 0 spiro atoms. The SMILES string of the molecule is NC(c1cc(F)c(F)c(F)c1F)C(F)(F)F. The van der Waals surface area contributed by atoms with E-state index in [1.807, 2.05) is 0 Å². The zero-order chi connectivity index (χ0) is 12.7. The molecule has 1 atom stereocenters. The maximum absolute atomic E-state index is 12.9. The van der Waals surface area contributed by atoms with Crippen molar-refractivity contribution in [3.8, 4) is 0 Å². The molecular weight excluding hydrogens is 243 g/mol. The highest BCUT2D eigenvalue weighted by molar-refractivity contribution is 5.25. The first-order chi connectivity index (χ1) is 7.16. The van der Waals surface area contributed by atoms with E-state index in [1.54, 1.807) is 0 Å². The van der Waals surface area contributed by atoms with Gasteiger partial charge in [-0.25, -0.2) is 17.6 Å². The Hall–Kier alpha value is -1.31. The lowest BCUT2D eigenvalue weighted by atomic mass is 10.1. The average Bonchev–Trinajstić information content (AvgIpc) is 2.18. The van der Waals surface area contributed by atoms with Crippen molar-refractivity contribution in [2.75, 3.05) is 0 Å². The summed E-state index contributed by atoms with van der Waals surface area (Å²) in [5.74, 6) is -8.59. The largest absolute Gasteiger partial charge is 0.407 e. The number of rotatable bonds is 1. The molecule has 0 aromatic heterocycles. The lowest BCUT2D eigenvalue weighted by Crippen LogP contribution is -2.30. The molecule has 0 aliphatic rings. The van der Waals surface area contributed by atoms with Gasteiger partial charge in [0.25, 0.3) is 0 Å². The number of benzene rings is 1. The Morgan fingerprint density at radius 2 is 1.44 bits per heavy atom. The van der Waals surface area contributed by atoms with Crippen LogP contribution >= 0.6 is 0 Å². The Balaban J connectivity index is 3.36. The zero-order valence-corrected chi connectivity index (χ0v) is 7.38. The van der Waals surface area contributed by atoms with Crippen molar-refractivity contribution in [3.05, 3.63) is 34.9 Å².